The number of hydrogen-bond acceptors (Lipinski definition) is 5. The average Bonchev–Trinajstić information content (AvgIpc) is 3.12. The first-order valence-corrected chi connectivity index (χ1v) is 6.96. The highest BCUT2D eigenvalue weighted by Crippen LogP contribution is 2.28. The van der Waals surface area contributed by atoms with E-state index in [9.17, 15) is 4.79 Å². The lowest BCUT2D eigenvalue weighted by Gasteiger charge is -1.99. The summed E-state index contributed by atoms with van der Waals surface area (Å²) in [5.74, 6) is -0.455. The number of nitrogens with one attached hydrogen (secondary N) is 1. The highest BCUT2D eigenvalue weighted by atomic mass is 32.1. The Labute approximate surface area is 122 Å². The first kappa shape index (κ1) is 12.0. The van der Waals surface area contributed by atoms with Gasteiger partial charge in [-0.15, -0.1) is 0 Å². The summed E-state index contributed by atoms with van der Waals surface area (Å²) in [6.45, 7) is 0. The van der Waals surface area contributed by atoms with E-state index in [4.69, 9.17) is 5.73 Å². The van der Waals surface area contributed by atoms with E-state index >= 15 is 0 Å². The lowest BCUT2D eigenvalue weighted by atomic mass is 10.0. The van der Waals surface area contributed by atoms with Crippen LogP contribution in [-0.4, -0.2) is 24.9 Å². The Morgan fingerprint density at radius 1 is 1.10 bits per heavy atom. The molecule has 0 saturated heterocycles. The fourth-order valence-corrected chi connectivity index (χ4v) is 2.83. The minimum absolute atomic E-state index is 0.455. The number of nitrogens with zero attached hydrogens (tertiary/aromatic N) is 3. The second-order valence-electron chi connectivity index (χ2n) is 4.66. The third kappa shape index (κ3) is 1.86. The largest absolute Gasteiger partial charge is 0.366 e. The van der Waals surface area contributed by atoms with Gasteiger partial charge in [0.1, 0.15) is 11.0 Å². The average molecular weight is 295 g/mol. The van der Waals surface area contributed by atoms with Crippen LogP contribution in [0.2, 0.25) is 0 Å². The van der Waals surface area contributed by atoms with Crippen molar-refractivity contribution >= 4 is 39.6 Å². The zero-order valence-corrected chi connectivity index (χ0v) is 11.5. The van der Waals surface area contributed by atoms with Crippen LogP contribution in [0.4, 0.5) is 0 Å². The molecular weight excluding hydrogens is 286 g/mol. The standard InChI is InChI=1S/C14H9N5OS/c15-14(20)8-2-3-10-9(5-8)13(17-16-10)7-1-4-11-12(6-7)19-21-18-11/h1-6H,(H2,15,20)(H,16,17). The molecule has 21 heavy (non-hydrogen) atoms. The fraction of sp³-hybridized carbons (Fsp3) is 0. The van der Waals surface area contributed by atoms with Gasteiger partial charge in [-0.25, -0.2) is 0 Å². The number of aromatic nitrogens is 4. The van der Waals surface area contributed by atoms with E-state index in [1.165, 1.54) is 11.7 Å². The number of carbonyl (C=O) groups excluding carboxylic acids is 1. The summed E-state index contributed by atoms with van der Waals surface area (Å²) in [5.41, 5.74) is 10.0. The molecule has 0 aliphatic carbocycles. The predicted octanol–water partition coefficient (Wildman–Crippen LogP) is 2.33. The zero-order chi connectivity index (χ0) is 14.4. The Balaban J connectivity index is 1.96. The Bertz CT molecular complexity index is 987. The topological polar surface area (TPSA) is 97.6 Å². The normalized spacial score (nSPS) is 11.2. The van der Waals surface area contributed by atoms with Crippen LogP contribution in [0.3, 0.4) is 0 Å². The maximum Gasteiger partial charge on any atom is 0.248 e. The number of primary amides is 1. The minimum atomic E-state index is -0.455. The van der Waals surface area contributed by atoms with Gasteiger partial charge in [0, 0.05) is 16.5 Å². The highest BCUT2D eigenvalue weighted by Gasteiger charge is 2.12. The van der Waals surface area contributed by atoms with E-state index in [0.29, 0.717) is 5.56 Å². The Morgan fingerprint density at radius 2 is 1.95 bits per heavy atom. The van der Waals surface area contributed by atoms with Crippen molar-refractivity contribution in [2.24, 2.45) is 5.73 Å². The molecule has 3 N–H and O–H groups in total. The van der Waals surface area contributed by atoms with E-state index in [1.807, 2.05) is 18.2 Å². The predicted molar refractivity (Wildman–Crippen MR) is 81.0 cm³/mol. The molecule has 0 radical (unpaired) electrons. The Morgan fingerprint density at radius 3 is 2.81 bits per heavy atom. The molecule has 4 rings (SSSR count). The van der Waals surface area contributed by atoms with Gasteiger partial charge in [-0.2, -0.15) is 13.8 Å². The summed E-state index contributed by atoms with van der Waals surface area (Å²) in [6.07, 6.45) is 0. The number of H-pyrrole nitrogens is 1. The smallest absolute Gasteiger partial charge is 0.248 e. The Hall–Kier alpha value is -2.80. The summed E-state index contributed by atoms with van der Waals surface area (Å²) < 4.78 is 8.42. The van der Waals surface area contributed by atoms with Crippen LogP contribution in [0.15, 0.2) is 36.4 Å². The molecule has 0 saturated carbocycles. The SMILES string of the molecule is NC(=O)c1ccc2[nH]nc(-c3ccc4nsnc4c3)c2c1. The summed E-state index contributed by atoms with van der Waals surface area (Å²) in [5, 5.41) is 8.15. The molecule has 0 unspecified atom stereocenters. The quantitative estimate of drug-likeness (QED) is 0.593. The highest BCUT2D eigenvalue weighted by molar-refractivity contribution is 7.00. The van der Waals surface area contributed by atoms with Crippen LogP contribution in [0, 0.1) is 0 Å². The first-order chi connectivity index (χ1) is 10.2. The molecule has 0 spiro atoms. The summed E-state index contributed by atoms with van der Waals surface area (Å²) >= 11 is 1.18. The number of aromatic amines is 1. The molecule has 6 nitrogen and oxygen atoms in total. The molecule has 102 valence electrons. The second-order valence-corrected chi connectivity index (χ2v) is 5.19. The van der Waals surface area contributed by atoms with Gasteiger partial charge >= 0.3 is 0 Å². The lowest BCUT2D eigenvalue weighted by Crippen LogP contribution is -2.10. The summed E-state index contributed by atoms with van der Waals surface area (Å²) in [7, 11) is 0. The monoisotopic (exact) mass is 295 g/mol. The molecule has 0 aliphatic heterocycles. The van der Waals surface area contributed by atoms with E-state index < -0.39 is 5.91 Å². The Kier molecular flexibility index (Phi) is 2.48. The number of carbonyl (C=O) groups is 1. The van der Waals surface area contributed by atoms with Crippen LogP contribution in [0.25, 0.3) is 33.2 Å². The van der Waals surface area contributed by atoms with Crippen LogP contribution in [0.1, 0.15) is 10.4 Å². The summed E-state index contributed by atoms with van der Waals surface area (Å²) in [6, 6.07) is 11.0. The van der Waals surface area contributed by atoms with E-state index in [0.717, 1.165) is 33.2 Å². The molecule has 1 amide bonds. The number of rotatable bonds is 2. The molecule has 4 aromatic rings. The van der Waals surface area contributed by atoms with Crippen molar-refractivity contribution in [1.82, 2.24) is 18.9 Å². The number of amides is 1. The van der Waals surface area contributed by atoms with Gasteiger partial charge < -0.3 is 5.73 Å². The molecule has 2 heterocycles. The molecule has 7 heteroatoms. The molecule has 0 fully saturated rings. The van der Waals surface area contributed by atoms with Crippen LogP contribution >= 0.6 is 11.7 Å². The molecule has 0 atom stereocenters. The van der Waals surface area contributed by atoms with Gasteiger partial charge in [0.2, 0.25) is 5.91 Å². The fourth-order valence-electron chi connectivity index (χ4n) is 2.32. The third-order valence-corrected chi connectivity index (χ3v) is 3.93. The molecule has 0 aliphatic rings. The number of hydrogen-bond donors (Lipinski definition) is 2. The van der Waals surface area contributed by atoms with Crippen LogP contribution < -0.4 is 5.73 Å². The molecule has 0 bridgehead atoms. The van der Waals surface area contributed by atoms with E-state index in [2.05, 4.69) is 18.9 Å². The lowest BCUT2D eigenvalue weighted by molar-refractivity contribution is 0.100. The van der Waals surface area contributed by atoms with Crippen molar-refractivity contribution in [1.29, 1.82) is 0 Å². The van der Waals surface area contributed by atoms with Gasteiger partial charge in [0.05, 0.1) is 22.9 Å². The van der Waals surface area contributed by atoms with Gasteiger partial charge in [-0.05, 0) is 30.3 Å². The van der Waals surface area contributed by atoms with Gasteiger partial charge in [0.25, 0.3) is 0 Å². The van der Waals surface area contributed by atoms with E-state index in [-0.39, 0.29) is 0 Å². The second kappa shape index (κ2) is 4.35. The first-order valence-electron chi connectivity index (χ1n) is 6.23. The summed E-state index contributed by atoms with van der Waals surface area (Å²) in [4.78, 5) is 11.3. The minimum Gasteiger partial charge on any atom is -0.366 e. The van der Waals surface area contributed by atoms with Gasteiger partial charge in [-0.3, -0.25) is 9.89 Å². The van der Waals surface area contributed by atoms with Crippen molar-refractivity contribution in [3.05, 3.63) is 42.0 Å². The molecular formula is C14H9N5OS. The van der Waals surface area contributed by atoms with Crippen molar-refractivity contribution in [3.8, 4) is 11.3 Å². The number of fused-ring (bicyclic) bond motifs is 2. The van der Waals surface area contributed by atoms with Crippen molar-refractivity contribution in [2.75, 3.05) is 0 Å². The number of nitrogens with two attached hydrogens (primary N) is 1. The van der Waals surface area contributed by atoms with Crippen LogP contribution in [-0.2, 0) is 0 Å². The maximum absolute atomic E-state index is 11.3. The maximum atomic E-state index is 11.3. The van der Waals surface area contributed by atoms with E-state index in [1.54, 1.807) is 18.2 Å². The van der Waals surface area contributed by atoms with Crippen molar-refractivity contribution < 1.29 is 4.79 Å². The van der Waals surface area contributed by atoms with Crippen molar-refractivity contribution in [3.63, 3.8) is 0 Å². The molecule has 2 aromatic carbocycles. The number of benzene rings is 2. The van der Waals surface area contributed by atoms with Crippen molar-refractivity contribution in [2.45, 2.75) is 0 Å². The molecule has 2 aromatic heterocycles. The third-order valence-electron chi connectivity index (χ3n) is 3.37. The van der Waals surface area contributed by atoms with Gasteiger partial charge in [-0.1, -0.05) is 6.07 Å². The van der Waals surface area contributed by atoms with Gasteiger partial charge in [0.15, 0.2) is 0 Å². The zero-order valence-electron chi connectivity index (χ0n) is 10.7. The van der Waals surface area contributed by atoms with Crippen LogP contribution in [0.5, 0.6) is 0 Å².